The molecular weight excluding hydrogens is 126 g/mol. The molecule has 0 aromatic heterocycles. The molecule has 2 nitrogen and oxygen atoms in total. The highest BCUT2D eigenvalue weighted by Crippen LogP contribution is 2.07. The first-order chi connectivity index (χ1) is 4.68. The predicted molar refractivity (Wildman–Crippen MR) is 41.1 cm³/mol. The summed E-state index contributed by atoms with van der Waals surface area (Å²) in [6.45, 7) is 3.81. The van der Waals surface area contributed by atoms with Crippen LogP contribution in [0.5, 0.6) is 0 Å². The zero-order chi connectivity index (χ0) is 7.56. The third-order valence-corrected chi connectivity index (χ3v) is 1.47. The molecule has 1 rings (SSSR count). The van der Waals surface area contributed by atoms with Crippen LogP contribution in [0.15, 0.2) is 16.8 Å². The highest BCUT2D eigenvalue weighted by Gasteiger charge is 2.04. The fourth-order valence-electron chi connectivity index (χ4n) is 0.998. The van der Waals surface area contributed by atoms with Crippen LogP contribution in [-0.4, -0.2) is 11.5 Å². The van der Waals surface area contributed by atoms with Crippen LogP contribution in [0.25, 0.3) is 0 Å². The van der Waals surface area contributed by atoms with Crippen molar-refractivity contribution in [3.63, 3.8) is 0 Å². The molecule has 1 aliphatic heterocycles. The minimum Gasteiger partial charge on any atom is -0.295 e. The van der Waals surface area contributed by atoms with E-state index in [1.54, 1.807) is 6.08 Å². The number of nitrogens with zero attached hydrogens (tertiary/aromatic N) is 1. The first kappa shape index (κ1) is 7.19. The Hall–Kier alpha value is -0.920. The van der Waals surface area contributed by atoms with Crippen LogP contribution in [0.1, 0.15) is 26.7 Å². The van der Waals surface area contributed by atoms with Crippen LogP contribution < -0.4 is 0 Å². The van der Waals surface area contributed by atoms with Gasteiger partial charge < -0.3 is 0 Å². The van der Waals surface area contributed by atoms with E-state index in [0.29, 0.717) is 6.42 Å². The van der Waals surface area contributed by atoms with E-state index >= 15 is 0 Å². The van der Waals surface area contributed by atoms with Crippen molar-refractivity contribution in [3.8, 4) is 0 Å². The molecule has 0 radical (unpaired) electrons. The Bertz CT molecular complexity index is 213. The topological polar surface area (TPSA) is 29.4 Å². The minimum absolute atomic E-state index is 0.193. The zero-order valence-electron chi connectivity index (χ0n) is 6.35. The second kappa shape index (κ2) is 2.78. The summed E-state index contributed by atoms with van der Waals surface area (Å²) >= 11 is 0. The summed E-state index contributed by atoms with van der Waals surface area (Å²) in [6.07, 6.45) is 3.04. The van der Waals surface area contributed by atoms with Crippen LogP contribution >= 0.6 is 0 Å². The first-order valence-corrected chi connectivity index (χ1v) is 3.44. The Balaban J connectivity index is 2.82. The molecule has 54 valence electrons. The Morgan fingerprint density at radius 1 is 1.40 bits per heavy atom. The number of rotatable bonds is 0. The highest BCUT2D eigenvalue weighted by atomic mass is 16.1. The molecule has 0 spiro atoms. The van der Waals surface area contributed by atoms with Crippen LogP contribution in [0, 0.1) is 0 Å². The van der Waals surface area contributed by atoms with Gasteiger partial charge in [-0.25, -0.2) is 0 Å². The molecule has 2 heteroatoms. The molecule has 0 saturated carbocycles. The molecule has 0 aliphatic carbocycles. The molecule has 10 heavy (non-hydrogen) atoms. The normalized spacial score (nSPS) is 19.6. The average Bonchev–Trinajstić information content (AvgIpc) is 1.93. The summed E-state index contributed by atoms with van der Waals surface area (Å²) in [5.74, 6) is 0.193. The van der Waals surface area contributed by atoms with Crippen LogP contribution in [0.3, 0.4) is 0 Å². The third kappa shape index (κ3) is 1.79. The second-order valence-electron chi connectivity index (χ2n) is 2.60. The summed E-state index contributed by atoms with van der Waals surface area (Å²) in [4.78, 5) is 15.1. The third-order valence-electron chi connectivity index (χ3n) is 1.47. The van der Waals surface area contributed by atoms with E-state index in [2.05, 4.69) is 4.99 Å². The summed E-state index contributed by atoms with van der Waals surface area (Å²) in [5, 5.41) is 0. The van der Waals surface area contributed by atoms with Crippen molar-refractivity contribution in [3.05, 3.63) is 11.8 Å². The number of allylic oxidation sites excluding steroid dienone is 2. The van der Waals surface area contributed by atoms with Crippen LogP contribution in [0.4, 0.5) is 0 Å². The van der Waals surface area contributed by atoms with Crippen molar-refractivity contribution in [2.45, 2.75) is 26.7 Å². The molecule has 0 bridgehead atoms. The van der Waals surface area contributed by atoms with Crippen molar-refractivity contribution in [1.82, 2.24) is 0 Å². The van der Waals surface area contributed by atoms with Gasteiger partial charge in [0, 0.05) is 23.9 Å². The van der Waals surface area contributed by atoms with Gasteiger partial charge >= 0.3 is 0 Å². The van der Waals surface area contributed by atoms with E-state index in [4.69, 9.17) is 0 Å². The summed E-state index contributed by atoms with van der Waals surface area (Å²) in [7, 11) is 0. The van der Waals surface area contributed by atoms with Gasteiger partial charge in [-0.2, -0.15) is 0 Å². The molecule has 0 atom stereocenters. The average molecular weight is 137 g/mol. The van der Waals surface area contributed by atoms with Gasteiger partial charge in [-0.3, -0.25) is 9.79 Å². The van der Waals surface area contributed by atoms with Gasteiger partial charge in [0.1, 0.15) is 0 Å². The lowest BCUT2D eigenvalue weighted by atomic mass is 10.2. The van der Waals surface area contributed by atoms with E-state index in [9.17, 15) is 4.79 Å². The van der Waals surface area contributed by atoms with E-state index in [-0.39, 0.29) is 5.78 Å². The Labute approximate surface area is 60.7 Å². The summed E-state index contributed by atoms with van der Waals surface area (Å²) in [6, 6.07) is 0. The molecule has 0 aromatic rings. The molecule has 0 unspecified atom stereocenters. The maximum Gasteiger partial charge on any atom is 0.157 e. The van der Waals surface area contributed by atoms with Gasteiger partial charge in [0.15, 0.2) is 5.78 Å². The summed E-state index contributed by atoms with van der Waals surface area (Å²) < 4.78 is 0. The van der Waals surface area contributed by atoms with Crippen molar-refractivity contribution in [2.24, 2.45) is 4.99 Å². The SMILES string of the molecule is CC1=CC(=O)CCC(C)=N1. The molecule has 1 aliphatic rings. The van der Waals surface area contributed by atoms with Crippen molar-refractivity contribution in [2.75, 3.05) is 0 Å². The maximum absolute atomic E-state index is 10.9. The minimum atomic E-state index is 0.193. The number of hydrogen-bond donors (Lipinski definition) is 0. The second-order valence-corrected chi connectivity index (χ2v) is 2.60. The quantitative estimate of drug-likeness (QED) is 0.499. The summed E-state index contributed by atoms with van der Waals surface area (Å²) in [5.41, 5.74) is 1.89. The lowest BCUT2D eigenvalue weighted by Crippen LogP contribution is -1.94. The number of aliphatic imine (C=N–C) groups is 1. The molecular formula is C8H11NO. The molecule has 0 N–H and O–H groups in total. The van der Waals surface area contributed by atoms with Gasteiger partial charge in [-0.15, -0.1) is 0 Å². The zero-order valence-corrected chi connectivity index (χ0v) is 6.35. The number of carbonyl (C=O) groups is 1. The van der Waals surface area contributed by atoms with E-state index in [1.807, 2.05) is 13.8 Å². The first-order valence-electron chi connectivity index (χ1n) is 3.44. The Morgan fingerprint density at radius 3 is 2.80 bits per heavy atom. The van der Waals surface area contributed by atoms with E-state index < -0.39 is 0 Å². The van der Waals surface area contributed by atoms with Gasteiger partial charge in [0.2, 0.25) is 0 Å². The van der Waals surface area contributed by atoms with Crippen LogP contribution in [-0.2, 0) is 4.79 Å². The monoisotopic (exact) mass is 137 g/mol. The van der Waals surface area contributed by atoms with Crippen LogP contribution in [0.2, 0.25) is 0 Å². The van der Waals surface area contributed by atoms with Crippen molar-refractivity contribution in [1.29, 1.82) is 0 Å². The van der Waals surface area contributed by atoms with Gasteiger partial charge in [0.25, 0.3) is 0 Å². The fourth-order valence-corrected chi connectivity index (χ4v) is 0.998. The standard InChI is InChI=1S/C8H11NO/c1-6-3-4-8(10)5-7(2)9-6/h5H,3-4H2,1-2H3. The van der Waals surface area contributed by atoms with Gasteiger partial charge in [-0.1, -0.05) is 0 Å². The fraction of sp³-hybridized carbons (Fsp3) is 0.500. The van der Waals surface area contributed by atoms with Crippen molar-refractivity contribution >= 4 is 11.5 Å². The van der Waals surface area contributed by atoms with E-state index in [1.165, 1.54) is 0 Å². The largest absolute Gasteiger partial charge is 0.295 e. The molecule has 1 heterocycles. The Morgan fingerprint density at radius 2 is 2.10 bits per heavy atom. The molecule has 0 saturated heterocycles. The lowest BCUT2D eigenvalue weighted by Gasteiger charge is -1.91. The van der Waals surface area contributed by atoms with Gasteiger partial charge in [0.05, 0.1) is 0 Å². The smallest absolute Gasteiger partial charge is 0.157 e. The number of hydrogen-bond acceptors (Lipinski definition) is 2. The predicted octanol–water partition coefficient (Wildman–Crippen LogP) is 1.71. The molecule has 0 fully saturated rings. The highest BCUT2D eigenvalue weighted by molar-refractivity contribution is 5.96. The number of carbonyl (C=O) groups excluding carboxylic acids is 1. The number of ketones is 1. The van der Waals surface area contributed by atoms with E-state index in [0.717, 1.165) is 17.8 Å². The molecule has 0 aromatic carbocycles. The lowest BCUT2D eigenvalue weighted by molar-refractivity contribution is -0.114. The Kier molecular flexibility index (Phi) is 2.00. The maximum atomic E-state index is 10.9. The van der Waals surface area contributed by atoms with Crippen molar-refractivity contribution < 1.29 is 4.79 Å². The molecule has 0 amide bonds. The van der Waals surface area contributed by atoms with Gasteiger partial charge in [-0.05, 0) is 20.3 Å².